The molecule has 0 unspecified atom stereocenters. The Morgan fingerprint density at radius 2 is 1.60 bits per heavy atom. The predicted molar refractivity (Wildman–Crippen MR) is 82.6 cm³/mol. The van der Waals surface area contributed by atoms with Gasteiger partial charge in [-0.15, -0.1) is 0 Å². The van der Waals surface area contributed by atoms with Crippen LogP contribution in [-0.4, -0.2) is 69.6 Å². The molecule has 9 nitrogen and oxygen atoms in total. The lowest BCUT2D eigenvalue weighted by atomic mass is 9.99. The van der Waals surface area contributed by atoms with E-state index in [-0.39, 0.29) is 30.4 Å². The zero-order chi connectivity index (χ0) is 18.1. The van der Waals surface area contributed by atoms with Crippen LogP contribution >= 0.6 is 0 Å². The number of anilines is 1. The molecule has 0 bridgehead atoms. The zero-order valence-corrected chi connectivity index (χ0v) is 13.2. The number of imide groups is 1. The van der Waals surface area contributed by atoms with Crippen molar-refractivity contribution in [2.24, 2.45) is 0 Å². The van der Waals surface area contributed by atoms with Gasteiger partial charge in [-0.2, -0.15) is 0 Å². The van der Waals surface area contributed by atoms with Crippen LogP contribution in [0.15, 0.2) is 24.3 Å². The van der Waals surface area contributed by atoms with E-state index in [2.05, 4.69) is 0 Å². The van der Waals surface area contributed by atoms with Gasteiger partial charge < -0.3 is 29.9 Å². The molecule has 2 aliphatic heterocycles. The van der Waals surface area contributed by atoms with Crippen molar-refractivity contribution in [3.63, 3.8) is 0 Å². The number of rotatable bonds is 4. The van der Waals surface area contributed by atoms with E-state index in [1.807, 2.05) is 0 Å². The second-order valence-corrected chi connectivity index (χ2v) is 5.93. The molecule has 2 fully saturated rings. The minimum absolute atomic E-state index is 0.182. The summed E-state index contributed by atoms with van der Waals surface area (Å²) in [6.07, 6.45) is -6.51. The van der Waals surface area contributed by atoms with Crippen molar-refractivity contribution in [2.75, 3.05) is 11.5 Å². The highest BCUT2D eigenvalue weighted by Crippen LogP contribution is 2.27. The average molecular weight is 353 g/mol. The van der Waals surface area contributed by atoms with E-state index in [1.54, 1.807) is 0 Å². The lowest BCUT2D eigenvalue weighted by Crippen LogP contribution is -2.60. The molecule has 2 amide bonds. The van der Waals surface area contributed by atoms with Crippen molar-refractivity contribution in [1.29, 1.82) is 0 Å². The largest absolute Gasteiger partial charge is 0.462 e. The minimum atomic E-state index is -1.53. The number of aliphatic hydroxyl groups excluding tert-OH is 4. The number of benzene rings is 1. The van der Waals surface area contributed by atoms with Crippen molar-refractivity contribution < 1.29 is 39.5 Å². The van der Waals surface area contributed by atoms with Gasteiger partial charge in [0, 0.05) is 12.8 Å². The van der Waals surface area contributed by atoms with Crippen LogP contribution < -0.4 is 9.64 Å². The van der Waals surface area contributed by atoms with Crippen LogP contribution in [0.3, 0.4) is 0 Å². The highest BCUT2D eigenvalue weighted by molar-refractivity contribution is 6.19. The average Bonchev–Trinajstić information content (AvgIpc) is 2.95. The molecule has 3 rings (SSSR count). The molecule has 2 saturated heterocycles. The lowest BCUT2D eigenvalue weighted by Gasteiger charge is -2.39. The monoisotopic (exact) mass is 353 g/mol. The number of nitrogens with zero attached hydrogens (tertiary/aromatic N) is 1. The molecule has 2 heterocycles. The van der Waals surface area contributed by atoms with E-state index in [9.17, 15) is 24.9 Å². The maximum atomic E-state index is 11.7. The summed E-state index contributed by atoms with van der Waals surface area (Å²) in [5, 5.41) is 38.6. The first-order valence-electron chi connectivity index (χ1n) is 7.85. The van der Waals surface area contributed by atoms with Crippen LogP contribution in [0, 0.1) is 0 Å². The molecule has 136 valence electrons. The summed E-state index contributed by atoms with van der Waals surface area (Å²) in [5.74, 6) is -0.285. The molecule has 0 saturated carbocycles. The van der Waals surface area contributed by atoms with Crippen molar-refractivity contribution in [3.8, 4) is 5.75 Å². The molecule has 4 N–H and O–H groups in total. The highest BCUT2D eigenvalue weighted by atomic mass is 16.7. The van der Waals surface area contributed by atoms with E-state index >= 15 is 0 Å². The van der Waals surface area contributed by atoms with Crippen molar-refractivity contribution in [3.05, 3.63) is 24.3 Å². The van der Waals surface area contributed by atoms with Gasteiger partial charge in [0.1, 0.15) is 30.2 Å². The van der Waals surface area contributed by atoms with Crippen molar-refractivity contribution in [1.82, 2.24) is 0 Å². The fourth-order valence-electron chi connectivity index (χ4n) is 2.84. The first kappa shape index (κ1) is 17.8. The van der Waals surface area contributed by atoms with Crippen LogP contribution in [0.1, 0.15) is 12.8 Å². The summed E-state index contributed by atoms with van der Waals surface area (Å²) in [5.41, 5.74) is 0.411. The van der Waals surface area contributed by atoms with Crippen LogP contribution in [0.4, 0.5) is 5.69 Å². The summed E-state index contributed by atoms with van der Waals surface area (Å²) in [6, 6.07) is 5.99. The van der Waals surface area contributed by atoms with Gasteiger partial charge in [-0.1, -0.05) is 0 Å². The Labute approximate surface area is 143 Å². The quantitative estimate of drug-likeness (QED) is 0.481. The smallest absolute Gasteiger partial charge is 0.234 e. The van der Waals surface area contributed by atoms with Gasteiger partial charge in [0.2, 0.25) is 18.1 Å². The molecule has 1 aromatic rings. The number of hydrogen-bond acceptors (Lipinski definition) is 8. The number of carbonyl (C=O) groups excluding carboxylic acids is 2. The van der Waals surface area contributed by atoms with Crippen molar-refractivity contribution >= 4 is 17.5 Å². The number of carbonyl (C=O) groups is 2. The first-order valence-corrected chi connectivity index (χ1v) is 7.85. The predicted octanol–water partition coefficient (Wildman–Crippen LogP) is -1.48. The summed E-state index contributed by atoms with van der Waals surface area (Å²) in [7, 11) is 0. The summed E-state index contributed by atoms with van der Waals surface area (Å²) >= 11 is 0. The molecule has 0 aromatic heterocycles. The summed E-state index contributed by atoms with van der Waals surface area (Å²) in [6.45, 7) is -0.553. The fourth-order valence-corrected chi connectivity index (χ4v) is 2.84. The highest BCUT2D eigenvalue weighted by Gasteiger charge is 2.44. The van der Waals surface area contributed by atoms with Gasteiger partial charge in [0.05, 0.1) is 12.3 Å². The number of ether oxygens (including phenoxy) is 2. The van der Waals surface area contributed by atoms with Crippen LogP contribution in [0.25, 0.3) is 0 Å². The maximum Gasteiger partial charge on any atom is 0.234 e. The van der Waals surface area contributed by atoms with Crippen molar-refractivity contribution in [2.45, 2.75) is 43.5 Å². The van der Waals surface area contributed by atoms with Gasteiger partial charge in [-0.25, -0.2) is 0 Å². The van der Waals surface area contributed by atoms with Crippen LogP contribution in [0.5, 0.6) is 5.75 Å². The third kappa shape index (κ3) is 3.37. The third-order valence-electron chi connectivity index (χ3n) is 4.25. The van der Waals surface area contributed by atoms with E-state index in [1.165, 1.54) is 24.3 Å². The fraction of sp³-hybridized carbons (Fsp3) is 0.500. The second-order valence-electron chi connectivity index (χ2n) is 5.93. The lowest BCUT2D eigenvalue weighted by molar-refractivity contribution is -0.277. The number of amides is 2. The Morgan fingerprint density at radius 1 is 1.00 bits per heavy atom. The number of aliphatic hydroxyl groups is 4. The Hall–Kier alpha value is -2.04. The van der Waals surface area contributed by atoms with Gasteiger partial charge >= 0.3 is 0 Å². The molecular formula is C16H19NO8. The van der Waals surface area contributed by atoms with E-state index in [0.29, 0.717) is 5.69 Å². The normalized spacial score (nSPS) is 33.0. The second kappa shape index (κ2) is 7.06. The Bertz CT molecular complexity index is 630. The van der Waals surface area contributed by atoms with E-state index in [4.69, 9.17) is 14.6 Å². The van der Waals surface area contributed by atoms with E-state index in [0.717, 1.165) is 4.90 Å². The summed E-state index contributed by atoms with van der Waals surface area (Å²) in [4.78, 5) is 24.5. The van der Waals surface area contributed by atoms with Gasteiger partial charge in [-0.3, -0.25) is 14.5 Å². The summed E-state index contributed by atoms with van der Waals surface area (Å²) < 4.78 is 10.7. The SMILES string of the molecule is O=C1CCC(=O)N1c1ccc(O[C@H]2O[C@H](CO)[C@@H](O)[C@H](O)[C@@H]2O)cc1. The molecule has 0 spiro atoms. The first-order chi connectivity index (χ1) is 11.9. The molecular weight excluding hydrogens is 334 g/mol. The minimum Gasteiger partial charge on any atom is -0.462 e. The Morgan fingerprint density at radius 3 is 2.16 bits per heavy atom. The zero-order valence-electron chi connectivity index (χ0n) is 13.2. The molecule has 2 aliphatic rings. The molecule has 5 atom stereocenters. The number of hydrogen-bond donors (Lipinski definition) is 4. The topological polar surface area (TPSA) is 137 Å². The van der Waals surface area contributed by atoms with Gasteiger partial charge in [0.25, 0.3) is 0 Å². The van der Waals surface area contributed by atoms with E-state index < -0.39 is 37.3 Å². The van der Waals surface area contributed by atoms with Crippen LogP contribution in [-0.2, 0) is 14.3 Å². The maximum absolute atomic E-state index is 11.7. The Balaban J connectivity index is 1.71. The molecule has 0 aliphatic carbocycles. The molecule has 1 aromatic carbocycles. The third-order valence-corrected chi connectivity index (χ3v) is 4.25. The van der Waals surface area contributed by atoms with Gasteiger partial charge in [-0.05, 0) is 24.3 Å². The molecule has 9 heteroatoms. The Kier molecular flexibility index (Phi) is 5.02. The molecule has 0 radical (unpaired) electrons. The van der Waals surface area contributed by atoms with Crippen LogP contribution in [0.2, 0.25) is 0 Å². The standard InChI is InChI=1S/C16H19NO8/c18-7-10-13(21)14(22)15(23)16(25-10)24-9-3-1-8(2-4-9)17-11(19)5-6-12(17)20/h1-4,10,13-16,18,21-23H,5-7H2/t10-,13-,14+,15+,16+/m1/s1. The van der Waals surface area contributed by atoms with Gasteiger partial charge in [0.15, 0.2) is 0 Å². The molecule has 25 heavy (non-hydrogen) atoms.